The molecule has 0 amide bonds. The van der Waals surface area contributed by atoms with Crippen molar-refractivity contribution in [1.82, 2.24) is 10.3 Å². The van der Waals surface area contributed by atoms with Gasteiger partial charge in [-0.25, -0.2) is 4.98 Å². The van der Waals surface area contributed by atoms with E-state index in [1.54, 1.807) is 7.11 Å². The maximum atomic E-state index is 5.42. The lowest BCUT2D eigenvalue weighted by Gasteiger charge is -2.37. The van der Waals surface area contributed by atoms with Crippen molar-refractivity contribution < 1.29 is 4.74 Å². The summed E-state index contributed by atoms with van der Waals surface area (Å²) in [5, 5.41) is 3.50. The Hall–Kier alpha value is -0.650. The predicted molar refractivity (Wildman–Crippen MR) is 79.7 cm³/mol. The standard InChI is InChI=1S/C14H20BrN3O/c1-8-6-16-7-11-4-10-5-12(15)13(9(2)19-3)17-14(10)18(8)11/h5,8-9,11,16H,4,6-7H2,1-3H3/t8-,9-,11-/m1/s1. The van der Waals surface area contributed by atoms with Gasteiger partial charge in [0.05, 0.1) is 11.8 Å². The normalized spacial score (nSPS) is 27.1. The zero-order valence-corrected chi connectivity index (χ0v) is 13.2. The van der Waals surface area contributed by atoms with Crippen LogP contribution in [-0.2, 0) is 11.2 Å². The van der Waals surface area contributed by atoms with Crippen molar-refractivity contribution in [2.75, 3.05) is 25.1 Å². The van der Waals surface area contributed by atoms with E-state index >= 15 is 0 Å². The first-order chi connectivity index (χ1) is 9.11. The molecule has 3 atom stereocenters. The van der Waals surface area contributed by atoms with E-state index in [9.17, 15) is 0 Å². The van der Waals surface area contributed by atoms with Gasteiger partial charge in [-0.05, 0) is 47.8 Å². The van der Waals surface area contributed by atoms with Crippen molar-refractivity contribution in [2.24, 2.45) is 0 Å². The van der Waals surface area contributed by atoms with E-state index in [-0.39, 0.29) is 6.10 Å². The Morgan fingerprint density at radius 3 is 3.05 bits per heavy atom. The van der Waals surface area contributed by atoms with Gasteiger partial charge in [0, 0.05) is 36.8 Å². The highest BCUT2D eigenvalue weighted by Crippen LogP contribution is 2.37. The molecule has 4 nitrogen and oxygen atoms in total. The number of anilines is 1. The number of hydrogen-bond donors (Lipinski definition) is 1. The van der Waals surface area contributed by atoms with Crippen LogP contribution in [-0.4, -0.2) is 37.3 Å². The third-order valence-electron chi connectivity index (χ3n) is 4.19. The molecule has 19 heavy (non-hydrogen) atoms. The molecule has 2 aliphatic rings. The SMILES string of the molecule is CO[C@H](C)c1nc2c(cc1Br)C[C@@H]1CNC[C@@H](C)N21. The average Bonchev–Trinajstić information content (AvgIpc) is 2.75. The molecule has 3 rings (SSSR count). The number of nitrogens with one attached hydrogen (secondary N) is 1. The van der Waals surface area contributed by atoms with Crippen molar-refractivity contribution in [3.05, 3.63) is 21.8 Å². The van der Waals surface area contributed by atoms with E-state index in [4.69, 9.17) is 9.72 Å². The lowest BCUT2D eigenvalue weighted by Crippen LogP contribution is -2.55. The first-order valence-electron chi connectivity index (χ1n) is 6.83. The molecule has 3 heterocycles. The zero-order valence-electron chi connectivity index (χ0n) is 11.6. The lowest BCUT2D eigenvalue weighted by molar-refractivity contribution is 0.115. The van der Waals surface area contributed by atoms with E-state index in [0.717, 1.165) is 35.5 Å². The minimum absolute atomic E-state index is 0.0111. The molecule has 1 fully saturated rings. The molecular weight excluding hydrogens is 306 g/mol. The van der Waals surface area contributed by atoms with E-state index in [1.807, 2.05) is 6.92 Å². The summed E-state index contributed by atoms with van der Waals surface area (Å²) in [6, 6.07) is 3.27. The molecule has 0 saturated carbocycles. The van der Waals surface area contributed by atoms with Crippen molar-refractivity contribution in [3.8, 4) is 0 Å². The number of aromatic nitrogens is 1. The fourth-order valence-electron chi connectivity index (χ4n) is 3.12. The highest BCUT2D eigenvalue weighted by Gasteiger charge is 2.37. The second-order valence-corrected chi connectivity index (χ2v) is 6.34. The molecule has 1 aromatic heterocycles. The van der Waals surface area contributed by atoms with E-state index in [2.05, 4.69) is 39.1 Å². The Labute approximate surface area is 122 Å². The number of ether oxygens (including phenoxy) is 1. The number of nitrogens with zero attached hydrogens (tertiary/aromatic N) is 2. The molecule has 1 aromatic rings. The van der Waals surface area contributed by atoms with E-state index < -0.39 is 0 Å². The quantitative estimate of drug-likeness (QED) is 0.905. The van der Waals surface area contributed by atoms with Crippen LogP contribution < -0.4 is 10.2 Å². The number of pyridine rings is 1. The Bertz CT molecular complexity index is 494. The maximum Gasteiger partial charge on any atom is 0.132 e. The molecular formula is C14H20BrN3O. The van der Waals surface area contributed by atoms with E-state index in [0.29, 0.717) is 12.1 Å². The molecule has 0 aliphatic carbocycles. The fourth-order valence-corrected chi connectivity index (χ4v) is 3.81. The van der Waals surface area contributed by atoms with Crippen LogP contribution >= 0.6 is 15.9 Å². The van der Waals surface area contributed by atoms with Gasteiger partial charge in [0.1, 0.15) is 5.82 Å². The number of halogens is 1. The van der Waals surface area contributed by atoms with Crippen LogP contribution in [0.2, 0.25) is 0 Å². The Balaban J connectivity index is 2.03. The van der Waals surface area contributed by atoms with Gasteiger partial charge in [-0.1, -0.05) is 0 Å². The Kier molecular flexibility index (Phi) is 3.53. The van der Waals surface area contributed by atoms with Gasteiger partial charge in [-0.15, -0.1) is 0 Å². The molecule has 5 heteroatoms. The molecule has 0 bridgehead atoms. The van der Waals surface area contributed by atoms with Gasteiger partial charge in [0.25, 0.3) is 0 Å². The summed E-state index contributed by atoms with van der Waals surface area (Å²) < 4.78 is 6.47. The fraction of sp³-hybridized carbons (Fsp3) is 0.643. The van der Waals surface area contributed by atoms with Crippen LogP contribution in [0.1, 0.15) is 31.2 Å². The molecule has 0 radical (unpaired) electrons. The monoisotopic (exact) mass is 325 g/mol. The smallest absolute Gasteiger partial charge is 0.132 e. The summed E-state index contributed by atoms with van der Waals surface area (Å²) in [6.45, 7) is 6.38. The highest BCUT2D eigenvalue weighted by atomic mass is 79.9. The Morgan fingerprint density at radius 2 is 2.32 bits per heavy atom. The number of methoxy groups -OCH3 is 1. The maximum absolute atomic E-state index is 5.42. The summed E-state index contributed by atoms with van der Waals surface area (Å²) in [5.41, 5.74) is 2.34. The second-order valence-electron chi connectivity index (χ2n) is 5.49. The first-order valence-corrected chi connectivity index (χ1v) is 7.62. The summed E-state index contributed by atoms with van der Waals surface area (Å²) in [7, 11) is 1.72. The second kappa shape index (κ2) is 5.04. The van der Waals surface area contributed by atoms with Gasteiger partial charge < -0.3 is 15.0 Å². The topological polar surface area (TPSA) is 37.4 Å². The number of hydrogen-bond acceptors (Lipinski definition) is 4. The molecule has 1 N–H and O–H groups in total. The van der Waals surface area contributed by atoms with Crippen molar-refractivity contribution in [1.29, 1.82) is 0 Å². The first kappa shape index (κ1) is 13.3. The molecule has 0 aromatic carbocycles. The number of piperazine rings is 1. The molecule has 0 unspecified atom stereocenters. The average molecular weight is 326 g/mol. The summed E-state index contributed by atoms with van der Waals surface area (Å²) in [6.07, 6.45) is 1.09. The van der Waals surface area contributed by atoms with Crippen molar-refractivity contribution >= 4 is 21.7 Å². The van der Waals surface area contributed by atoms with Gasteiger partial charge in [0.2, 0.25) is 0 Å². The van der Waals surface area contributed by atoms with Crippen LogP contribution in [0, 0.1) is 0 Å². The van der Waals surface area contributed by atoms with Gasteiger partial charge >= 0.3 is 0 Å². The zero-order chi connectivity index (χ0) is 13.6. The largest absolute Gasteiger partial charge is 0.375 e. The highest BCUT2D eigenvalue weighted by molar-refractivity contribution is 9.10. The van der Waals surface area contributed by atoms with Gasteiger partial charge in [-0.2, -0.15) is 0 Å². The van der Waals surface area contributed by atoms with Crippen LogP contribution in [0.3, 0.4) is 0 Å². The van der Waals surface area contributed by atoms with Crippen LogP contribution in [0.25, 0.3) is 0 Å². The molecule has 1 saturated heterocycles. The van der Waals surface area contributed by atoms with Crippen LogP contribution in [0.5, 0.6) is 0 Å². The third-order valence-corrected chi connectivity index (χ3v) is 4.82. The third kappa shape index (κ3) is 2.18. The molecule has 2 aliphatic heterocycles. The van der Waals surface area contributed by atoms with Gasteiger partial charge in [0.15, 0.2) is 0 Å². The minimum Gasteiger partial charge on any atom is -0.375 e. The van der Waals surface area contributed by atoms with Crippen molar-refractivity contribution in [2.45, 2.75) is 38.5 Å². The number of rotatable bonds is 2. The van der Waals surface area contributed by atoms with Gasteiger partial charge in [-0.3, -0.25) is 0 Å². The summed E-state index contributed by atoms with van der Waals surface area (Å²) >= 11 is 3.63. The molecule has 0 spiro atoms. The molecule has 104 valence electrons. The Morgan fingerprint density at radius 1 is 1.53 bits per heavy atom. The predicted octanol–water partition coefficient (Wildman–Crippen LogP) is 2.27. The minimum atomic E-state index is 0.0111. The van der Waals surface area contributed by atoms with Crippen molar-refractivity contribution in [3.63, 3.8) is 0 Å². The van der Waals surface area contributed by atoms with Crippen LogP contribution in [0.15, 0.2) is 10.5 Å². The van der Waals surface area contributed by atoms with Crippen LogP contribution in [0.4, 0.5) is 5.82 Å². The lowest BCUT2D eigenvalue weighted by atomic mass is 10.1. The summed E-state index contributed by atoms with van der Waals surface area (Å²) in [5.74, 6) is 1.15. The van der Waals surface area contributed by atoms with E-state index in [1.165, 1.54) is 5.56 Å². The summed E-state index contributed by atoms with van der Waals surface area (Å²) in [4.78, 5) is 7.36. The number of fused-ring (bicyclic) bond motifs is 3.